The Bertz CT molecular complexity index is 594. The van der Waals surface area contributed by atoms with Crippen LogP contribution in [0.25, 0.3) is 0 Å². The number of amidine groups is 1. The first kappa shape index (κ1) is 17.5. The van der Waals surface area contributed by atoms with Crippen LogP contribution in [-0.2, 0) is 9.53 Å². The number of para-hydroxylation sites is 1. The van der Waals surface area contributed by atoms with Gasteiger partial charge in [-0.15, -0.1) is 0 Å². The van der Waals surface area contributed by atoms with E-state index in [2.05, 4.69) is 39.6 Å². The van der Waals surface area contributed by atoms with E-state index in [1.165, 1.54) is 0 Å². The fourth-order valence-corrected chi connectivity index (χ4v) is 2.93. The molecule has 1 aromatic rings. The highest BCUT2D eigenvalue weighted by atomic mass is 16.5. The molecule has 0 bridgehead atoms. The van der Waals surface area contributed by atoms with Gasteiger partial charge in [0.1, 0.15) is 18.0 Å². The van der Waals surface area contributed by atoms with E-state index in [0.717, 1.165) is 11.5 Å². The van der Waals surface area contributed by atoms with E-state index in [4.69, 9.17) is 9.73 Å². The molecule has 0 spiro atoms. The van der Waals surface area contributed by atoms with Crippen molar-refractivity contribution in [1.29, 1.82) is 0 Å². The third kappa shape index (κ3) is 3.39. The van der Waals surface area contributed by atoms with Gasteiger partial charge in [0.05, 0.1) is 12.1 Å². The van der Waals surface area contributed by atoms with Crippen LogP contribution in [-0.4, -0.2) is 48.1 Å². The minimum atomic E-state index is -0.319. The lowest BCUT2D eigenvalue weighted by Gasteiger charge is -2.38. The Hall–Kier alpha value is -1.88. The van der Waals surface area contributed by atoms with Gasteiger partial charge in [0.15, 0.2) is 0 Å². The molecule has 23 heavy (non-hydrogen) atoms. The summed E-state index contributed by atoms with van der Waals surface area (Å²) < 4.78 is 5.15. The number of carbonyl (C=O) groups is 1. The van der Waals surface area contributed by atoms with Crippen LogP contribution in [0.4, 0.5) is 5.69 Å². The number of rotatable bonds is 4. The number of likely N-dealkylation sites (N-methyl/N-ethyl adjacent to an activating group) is 1. The van der Waals surface area contributed by atoms with Gasteiger partial charge in [-0.2, -0.15) is 0 Å². The second-order valence-corrected chi connectivity index (χ2v) is 6.77. The van der Waals surface area contributed by atoms with Crippen LogP contribution in [0.3, 0.4) is 0 Å². The molecule has 1 aliphatic heterocycles. The van der Waals surface area contributed by atoms with E-state index in [-0.39, 0.29) is 23.7 Å². The van der Waals surface area contributed by atoms with E-state index in [1.54, 1.807) is 0 Å². The molecule has 5 nitrogen and oxygen atoms in total. The van der Waals surface area contributed by atoms with Gasteiger partial charge in [-0.05, 0) is 53.8 Å². The normalized spacial score (nSPS) is 19.3. The zero-order valence-electron chi connectivity index (χ0n) is 15.0. The van der Waals surface area contributed by atoms with Gasteiger partial charge < -0.3 is 9.64 Å². The van der Waals surface area contributed by atoms with E-state index in [0.29, 0.717) is 6.61 Å². The third-order valence-corrected chi connectivity index (χ3v) is 4.50. The van der Waals surface area contributed by atoms with E-state index >= 15 is 0 Å². The number of aliphatic imine (C=N–C) groups is 1. The SMILES string of the molecule is CCOC(=O)CN(C1=NC(C)(C)N(C)C1(C)C)c1ccccc1. The summed E-state index contributed by atoms with van der Waals surface area (Å²) in [6.07, 6.45) is 0. The van der Waals surface area contributed by atoms with Crippen molar-refractivity contribution in [3.05, 3.63) is 30.3 Å². The quantitative estimate of drug-likeness (QED) is 0.801. The topological polar surface area (TPSA) is 45.1 Å². The number of esters is 1. The maximum atomic E-state index is 12.1. The van der Waals surface area contributed by atoms with Crippen molar-refractivity contribution in [2.45, 2.75) is 45.8 Å². The molecule has 0 saturated heterocycles. The summed E-state index contributed by atoms with van der Waals surface area (Å²) in [5.74, 6) is 0.631. The summed E-state index contributed by atoms with van der Waals surface area (Å²) in [5, 5.41) is 0. The van der Waals surface area contributed by atoms with Crippen LogP contribution in [0.5, 0.6) is 0 Å². The molecule has 0 aliphatic carbocycles. The summed E-state index contributed by atoms with van der Waals surface area (Å²) in [4.78, 5) is 21.2. The Morgan fingerprint density at radius 3 is 2.30 bits per heavy atom. The fraction of sp³-hybridized carbons (Fsp3) is 0.556. The Balaban J connectivity index is 2.44. The Morgan fingerprint density at radius 2 is 1.83 bits per heavy atom. The summed E-state index contributed by atoms with van der Waals surface area (Å²) in [6.45, 7) is 10.8. The second kappa shape index (κ2) is 6.32. The molecule has 0 aromatic heterocycles. The van der Waals surface area contributed by atoms with Crippen molar-refractivity contribution in [3.8, 4) is 0 Å². The monoisotopic (exact) mass is 317 g/mol. The predicted molar refractivity (Wildman–Crippen MR) is 93.8 cm³/mol. The number of anilines is 1. The molecular weight excluding hydrogens is 290 g/mol. The molecule has 0 atom stereocenters. The van der Waals surface area contributed by atoms with Crippen molar-refractivity contribution in [3.63, 3.8) is 0 Å². The first-order valence-electron chi connectivity index (χ1n) is 8.02. The summed E-state index contributed by atoms with van der Waals surface area (Å²) in [5.41, 5.74) is 0.338. The van der Waals surface area contributed by atoms with Crippen molar-refractivity contribution < 1.29 is 9.53 Å². The predicted octanol–water partition coefficient (Wildman–Crippen LogP) is 2.91. The van der Waals surface area contributed by atoms with Crippen LogP contribution in [0.15, 0.2) is 35.3 Å². The van der Waals surface area contributed by atoms with E-state index in [1.807, 2.05) is 42.2 Å². The number of carbonyl (C=O) groups excluding carboxylic acids is 1. The molecule has 0 amide bonds. The molecule has 1 aromatic carbocycles. The molecule has 0 radical (unpaired) electrons. The molecule has 0 fully saturated rings. The minimum absolute atomic E-state index is 0.157. The number of hydrogen-bond donors (Lipinski definition) is 0. The molecule has 2 rings (SSSR count). The summed E-state index contributed by atoms with van der Waals surface area (Å²) in [7, 11) is 2.06. The van der Waals surface area contributed by atoms with Crippen LogP contribution in [0, 0.1) is 0 Å². The van der Waals surface area contributed by atoms with Gasteiger partial charge in [-0.1, -0.05) is 18.2 Å². The molecule has 126 valence electrons. The fourth-order valence-electron chi connectivity index (χ4n) is 2.93. The number of benzene rings is 1. The highest BCUT2D eigenvalue weighted by Gasteiger charge is 2.47. The Morgan fingerprint density at radius 1 is 1.22 bits per heavy atom. The number of ether oxygens (including phenoxy) is 1. The van der Waals surface area contributed by atoms with Crippen LogP contribution in [0.1, 0.15) is 34.6 Å². The molecule has 5 heteroatoms. The molecule has 0 N–H and O–H groups in total. The van der Waals surface area contributed by atoms with Gasteiger partial charge in [0, 0.05) is 5.69 Å². The maximum absolute atomic E-state index is 12.1. The largest absolute Gasteiger partial charge is 0.465 e. The Labute approximate surface area is 138 Å². The number of hydrogen-bond acceptors (Lipinski definition) is 5. The van der Waals surface area contributed by atoms with Gasteiger partial charge in [-0.25, -0.2) is 4.99 Å². The van der Waals surface area contributed by atoms with Crippen molar-refractivity contribution in [2.24, 2.45) is 4.99 Å². The highest BCUT2D eigenvalue weighted by Crippen LogP contribution is 2.35. The first-order chi connectivity index (χ1) is 10.7. The smallest absolute Gasteiger partial charge is 0.326 e. The lowest BCUT2D eigenvalue weighted by Crippen LogP contribution is -2.54. The zero-order valence-corrected chi connectivity index (χ0v) is 15.0. The molecule has 0 saturated carbocycles. The second-order valence-electron chi connectivity index (χ2n) is 6.77. The van der Waals surface area contributed by atoms with Crippen molar-refractivity contribution in [2.75, 3.05) is 25.1 Å². The van der Waals surface area contributed by atoms with Crippen molar-refractivity contribution >= 4 is 17.5 Å². The highest BCUT2D eigenvalue weighted by molar-refractivity contribution is 6.07. The lowest BCUT2D eigenvalue weighted by molar-refractivity contribution is -0.141. The summed E-state index contributed by atoms with van der Waals surface area (Å²) >= 11 is 0. The summed E-state index contributed by atoms with van der Waals surface area (Å²) in [6, 6.07) is 9.87. The van der Waals surface area contributed by atoms with E-state index < -0.39 is 0 Å². The van der Waals surface area contributed by atoms with Gasteiger partial charge >= 0.3 is 5.97 Å². The molecule has 1 aliphatic rings. The van der Waals surface area contributed by atoms with Crippen LogP contribution in [0.2, 0.25) is 0 Å². The average molecular weight is 317 g/mol. The third-order valence-electron chi connectivity index (χ3n) is 4.50. The van der Waals surface area contributed by atoms with Gasteiger partial charge in [-0.3, -0.25) is 9.69 Å². The lowest BCUT2D eigenvalue weighted by atomic mass is 10.00. The first-order valence-corrected chi connectivity index (χ1v) is 8.02. The van der Waals surface area contributed by atoms with E-state index in [9.17, 15) is 4.79 Å². The van der Waals surface area contributed by atoms with Crippen LogP contribution >= 0.6 is 0 Å². The number of nitrogens with zero attached hydrogens (tertiary/aromatic N) is 3. The standard InChI is InChI=1S/C18H27N3O2/c1-7-23-15(22)13-21(14-11-9-8-10-12-14)16-17(2,3)20(6)18(4,5)19-16/h8-12H,7,13H2,1-6H3. The molecular formula is C18H27N3O2. The maximum Gasteiger partial charge on any atom is 0.326 e. The van der Waals surface area contributed by atoms with Crippen molar-refractivity contribution in [1.82, 2.24) is 4.90 Å². The van der Waals surface area contributed by atoms with Gasteiger partial charge in [0.25, 0.3) is 0 Å². The molecule has 1 heterocycles. The minimum Gasteiger partial charge on any atom is -0.465 e. The average Bonchev–Trinajstić information content (AvgIpc) is 2.66. The molecule has 0 unspecified atom stereocenters. The zero-order chi connectivity index (χ0) is 17.3. The van der Waals surface area contributed by atoms with Gasteiger partial charge in [0.2, 0.25) is 0 Å². The van der Waals surface area contributed by atoms with Crippen LogP contribution < -0.4 is 4.90 Å². The Kier molecular flexibility index (Phi) is 4.80.